The first-order valence-electron chi connectivity index (χ1n) is 5.71. The molecule has 1 aromatic carbocycles. The van der Waals surface area contributed by atoms with Gasteiger partial charge in [-0.2, -0.15) is 8.42 Å². The summed E-state index contributed by atoms with van der Waals surface area (Å²) >= 11 is 11.5. The van der Waals surface area contributed by atoms with E-state index in [1.807, 2.05) is 0 Å². The second-order valence-corrected chi connectivity index (χ2v) is 6.50. The van der Waals surface area contributed by atoms with Crippen LogP contribution in [0, 0.1) is 17.0 Å². The van der Waals surface area contributed by atoms with Crippen molar-refractivity contribution in [2.75, 3.05) is 0 Å². The van der Waals surface area contributed by atoms with Crippen LogP contribution in [0.2, 0.25) is 10.2 Å². The third-order valence-corrected chi connectivity index (χ3v) is 4.49. The van der Waals surface area contributed by atoms with E-state index in [-0.39, 0.29) is 26.5 Å². The van der Waals surface area contributed by atoms with Gasteiger partial charge in [-0.3, -0.25) is 10.1 Å². The molecule has 2 rings (SSSR count). The molecule has 0 radical (unpaired) electrons. The zero-order valence-corrected chi connectivity index (χ0v) is 13.3. The number of pyridine rings is 1. The van der Waals surface area contributed by atoms with E-state index in [9.17, 15) is 18.5 Å². The Balaban J connectivity index is 2.36. The maximum absolute atomic E-state index is 12.1. The molecule has 0 unspecified atom stereocenters. The summed E-state index contributed by atoms with van der Waals surface area (Å²) in [5.41, 5.74) is 0.180. The first kappa shape index (κ1) is 16.5. The third-order valence-electron chi connectivity index (χ3n) is 2.60. The molecule has 116 valence electrons. The maximum atomic E-state index is 12.1. The van der Waals surface area contributed by atoms with Gasteiger partial charge in [0.2, 0.25) is 0 Å². The van der Waals surface area contributed by atoms with Crippen LogP contribution in [-0.2, 0) is 10.1 Å². The smallest absolute Gasteiger partial charge is 0.340 e. The summed E-state index contributed by atoms with van der Waals surface area (Å²) in [4.78, 5) is 13.5. The molecule has 0 saturated carbocycles. The Hall–Kier alpha value is -1.90. The second kappa shape index (κ2) is 6.07. The Bertz CT molecular complexity index is 855. The summed E-state index contributed by atoms with van der Waals surface area (Å²) in [5, 5.41) is 10.6. The largest absolute Gasteiger partial charge is 0.377 e. The molecule has 0 amide bonds. The molecule has 0 saturated heterocycles. The van der Waals surface area contributed by atoms with E-state index in [1.165, 1.54) is 6.07 Å². The zero-order chi connectivity index (χ0) is 16.5. The Labute approximate surface area is 135 Å². The lowest BCUT2D eigenvalue weighted by atomic mass is 10.3. The van der Waals surface area contributed by atoms with Crippen molar-refractivity contribution < 1.29 is 17.5 Å². The highest BCUT2D eigenvalue weighted by molar-refractivity contribution is 7.87. The van der Waals surface area contributed by atoms with Crippen molar-refractivity contribution >= 4 is 39.0 Å². The summed E-state index contributed by atoms with van der Waals surface area (Å²) in [6.45, 7) is 1.59. The summed E-state index contributed by atoms with van der Waals surface area (Å²) in [7, 11) is -4.18. The van der Waals surface area contributed by atoms with Gasteiger partial charge in [0, 0.05) is 12.1 Å². The fourth-order valence-electron chi connectivity index (χ4n) is 1.51. The van der Waals surface area contributed by atoms with Crippen LogP contribution in [0.5, 0.6) is 5.75 Å². The van der Waals surface area contributed by atoms with Gasteiger partial charge in [0.15, 0.2) is 5.75 Å². The Morgan fingerprint density at radius 1 is 1.27 bits per heavy atom. The van der Waals surface area contributed by atoms with Gasteiger partial charge in [0.25, 0.3) is 5.69 Å². The normalized spacial score (nSPS) is 11.2. The first-order chi connectivity index (χ1) is 10.2. The molecule has 0 fully saturated rings. The van der Waals surface area contributed by atoms with Gasteiger partial charge in [0.1, 0.15) is 10.0 Å². The van der Waals surface area contributed by atoms with E-state index in [0.29, 0.717) is 5.56 Å². The zero-order valence-electron chi connectivity index (χ0n) is 11.0. The van der Waals surface area contributed by atoms with Crippen molar-refractivity contribution in [2.45, 2.75) is 11.8 Å². The van der Waals surface area contributed by atoms with Crippen molar-refractivity contribution in [3.05, 3.63) is 56.3 Å². The van der Waals surface area contributed by atoms with Crippen LogP contribution < -0.4 is 4.18 Å². The van der Waals surface area contributed by atoms with Gasteiger partial charge in [-0.05, 0) is 24.6 Å². The number of aryl methyl sites for hydroxylation is 1. The van der Waals surface area contributed by atoms with E-state index < -0.39 is 15.0 Å². The second-order valence-electron chi connectivity index (χ2n) is 4.19. The molecule has 0 aliphatic heterocycles. The van der Waals surface area contributed by atoms with Crippen LogP contribution in [0.15, 0.2) is 35.4 Å². The SMILES string of the molecule is Cc1cc(S(=O)(=O)Oc2ccc([N+](=O)[O-])cc2Cl)cnc1Cl. The number of hydrogen-bond donors (Lipinski definition) is 0. The summed E-state index contributed by atoms with van der Waals surface area (Å²) < 4.78 is 29.2. The standard InChI is InChI=1S/C12H8Cl2N2O5S/c1-7-4-9(6-15-12(7)14)22(19,20)21-11-3-2-8(16(17)18)5-10(11)13/h2-6H,1H3. The number of benzene rings is 1. The molecule has 0 atom stereocenters. The number of nitro groups is 1. The van der Waals surface area contributed by atoms with Gasteiger partial charge in [-0.15, -0.1) is 0 Å². The van der Waals surface area contributed by atoms with Gasteiger partial charge in [-0.25, -0.2) is 4.98 Å². The van der Waals surface area contributed by atoms with Crippen LogP contribution in [-0.4, -0.2) is 18.3 Å². The molecule has 0 bridgehead atoms. The van der Waals surface area contributed by atoms with Gasteiger partial charge >= 0.3 is 10.1 Å². The number of aromatic nitrogens is 1. The van der Waals surface area contributed by atoms with E-state index in [0.717, 1.165) is 24.4 Å². The minimum absolute atomic E-state index is 0.173. The highest BCUT2D eigenvalue weighted by atomic mass is 35.5. The minimum Gasteiger partial charge on any atom is -0.377 e. The minimum atomic E-state index is -4.18. The quantitative estimate of drug-likeness (QED) is 0.357. The molecule has 10 heteroatoms. The number of nitro benzene ring substituents is 1. The van der Waals surface area contributed by atoms with Crippen molar-refractivity contribution in [1.82, 2.24) is 4.98 Å². The molecule has 0 spiro atoms. The molecule has 1 heterocycles. The predicted molar refractivity (Wildman–Crippen MR) is 79.9 cm³/mol. The molecule has 1 aromatic heterocycles. The molecule has 0 aliphatic rings. The van der Waals surface area contributed by atoms with Crippen LogP contribution in [0.4, 0.5) is 5.69 Å². The van der Waals surface area contributed by atoms with Gasteiger partial charge < -0.3 is 4.18 Å². The number of nitrogens with zero attached hydrogens (tertiary/aromatic N) is 2. The summed E-state index contributed by atoms with van der Waals surface area (Å²) in [5.74, 6) is -0.222. The monoisotopic (exact) mass is 362 g/mol. The predicted octanol–water partition coefficient (Wildman–Crippen LogP) is 3.37. The van der Waals surface area contributed by atoms with Crippen molar-refractivity contribution in [3.8, 4) is 5.75 Å². The highest BCUT2D eigenvalue weighted by Crippen LogP contribution is 2.31. The summed E-state index contributed by atoms with van der Waals surface area (Å²) in [6.07, 6.45) is 1.05. The van der Waals surface area contributed by atoms with Crippen molar-refractivity contribution in [2.24, 2.45) is 0 Å². The van der Waals surface area contributed by atoms with Crippen molar-refractivity contribution in [1.29, 1.82) is 0 Å². The lowest BCUT2D eigenvalue weighted by molar-refractivity contribution is -0.384. The fourth-order valence-corrected chi connectivity index (χ4v) is 2.85. The highest BCUT2D eigenvalue weighted by Gasteiger charge is 2.21. The van der Waals surface area contributed by atoms with Crippen LogP contribution >= 0.6 is 23.2 Å². The number of rotatable bonds is 4. The van der Waals surface area contributed by atoms with Crippen LogP contribution in [0.3, 0.4) is 0 Å². The lowest BCUT2D eigenvalue weighted by Crippen LogP contribution is -2.11. The average molecular weight is 363 g/mol. The van der Waals surface area contributed by atoms with Crippen LogP contribution in [0.1, 0.15) is 5.56 Å². The summed E-state index contributed by atoms with van der Waals surface area (Å²) in [6, 6.07) is 4.48. The molecule has 22 heavy (non-hydrogen) atoms. The van der Waals surface area contributed by atoms with E-state index in [1.54, 1.807) is 6.92 Å². The molecular weight excluding hydrogens is 355 g/mol. The number of non-ortho nitro benzene ring substituents is 1. The third kappa shape index (κ3) is 3.46. The maximum Gasteiger partial charge on any atom is 0.340 e. The molecule has 0 aliphatic carbocycles. The van der Waals surface area contributed by atoms with E-state index >= 15 is 0 Å². The van der Waals surface area contributed by atoms with Gasteiger partial charge in [0.05, 0.1) is 16.1 Å². The fraction of sp³-hybridized carbons (Fsp3) is 0.0833. The molecule has 2 aromatic rings. The Morgan fingerprint density at radius 2 is 1.95 bits per heavy atom. The molecule has 0 N–H and O–H groups in total. The number of halogens is 2. The number of hydrogen-bond acceptors (Lipinski definition) is 6. The van der Waals surface area contributed by atoms with E-state index in [4.69, 9.17) is 27.4 Å². The topological polar surface area (TPSA) is 99.4 Å². The lowest BCUT2D eigenvalue weighted by Gasteiger charge is -2.09. The van der Waals surface area contributed by atoms with E-state index in [2.05, 4.69) is 4.98 Å². The van der Waals surface area contributed by atoms with Crippen molar-refractivity contribution in [3.63, 3.8) is 0 Å². The van der Waals surface area contributed by atoms with Gasteiger partial charge in [-0.1, -0.05) is 23.2 Å². The molecular formula is C12H8Cl2N2O5S. The Morgan fingerprint density at radius 3 is 2.50 bits per heavy atom. The Kier molecular flexibility index (Phi) is 4.55. The molecule has 7 nitrogen and oxygen atoms in total. The average Bonchev–Trinajstić information content (AvgIpc) is 2.43. The van der Waals surface area contributed by atoms with Crippen LogP contribution in [0.25, 0.3) is 0 Å². The first-order valence-corrected chi connectivity index (χ1v) is 7.88.